The third kappa shape index (κ3) is 1.52. The van der Waals surface area contributed by atoms with Gasteiger partial charge >= 0.3 is 0 Å². The van der Waals surface area contributed by atoms with Crippen LogP contribution < -0.4 is 0 Å². The molecule has 2 aromatic rings. The van der Waals surface area contributed by atoms with Crippen molar-refractivity contribution in [2.24, 2.45) is 0 Å². The lowest BCUT2D eigenvalue weighted by molar-refractivity contribution is 0.281. The Morgan fingerprint density at radius 1 is 1.46 bits per heavy atom. The molecule has 0 aliphatic rings. The average Bonchev–Trinajstić information content (AvgIpc) is 2.47. The van der Waals surface area contributed by atoms with E-state index >= 15 is 0 Å². The second kappa shape index (κ2) is 3.40. The van der Waals surface area contributed by atoms with Gasteiger partial charge in [0.05, 0.1) is 6.61 Å². The van der Waals surface area contributed by atoms with E-state index in [0.29, 0.717) is 0 Å². The summed E-state index contributed by atoms with van der Waals surface area (Å²) >= 11 is 5.19. The van der Waals surface area contributed by atoms with Crippen molar-refractivity contribution in [3.05, 3.63) is 33.1 Å². The highest BCUT2D eigenvalue weighted by molar-refractivity contribution is 9.10. The first kappa shape index (κ1) is 9.19. The monoisotopic (exact) mass is 256 g/mol. The lowest BCUT2D eigenvalue weighted by Gasteiger charge is -2.02. The molecule has 1 heterocycles. The van der Waals surface area contributed by atoms with Gasteiger partial charge in [-0.05, 0) is 46.1 Å². The van der Waals surface area contributed by atoms with Crippen LogP contribution in [0, 0.1) is 6.92 Å². The molecule has 0 aliphatic carbocycles. The Hall–Kier alpha value is -0.380. The van der Waals surface area contributed by atoms with Crippen molar-refractivity contribution in [2.45, 2.75) is 13.5 Å². The second-order valence-corrected chi connectivity index (χ2v) is 4.78. The normalized spacial score (nSPS) is 11.0. The molecular formula is C10H9BrOS. The smallest absolute Gasteiger partial charge is 0.0684 e. The number of aliphatic hydroxyl groups is 1. The summed E-state index contributed by atoms with van der Waals surface area (Å²) in [5.74, 6) is 0. The van der Waals surface area contributed by atoms with E-state index in [9.17, 15) is 0 Å². The minimum atomic E-state index is 0.122. The first-order valence-electron chi connectivity index (χ1n) is 3.99. The van der Waals surface area contributed by atoms with E-state index in [2.05, 4.69) is 33.4 Å². The van der Waals surface area contributed by atoms with E-state index in [-0.39, 0.29) is 6.61 Å². The van der Waals surface area contributed by atoms with Crippen LogP contribution in [0.4, 0.5) is 0 Å². The molecule has 0 saturated carbocycles. The fourth-order valence-corrected chi connectivity index (χ4v) is 2.97. The average molecular weight is 257 g/mol. The molecule has 0 atom stereocenters. The van der Waals surface area contributed by atoms with Crippen LogP contribution >= 0.6 is 27.3 Å². The van der Waals surface area contributed by atoms with Crippen molar-refractivity contribution >= 4 is 37.4 Å². The number of hydrogen-bond donors (Lipinski definition) is 1. The first-order valence-corrected chi connectivity index (χ1v) is 5.66. The molecule has 0 unspecified atom stereocenters. The van der Waals surface area contributed by atoms with Crippen molar-refractivity contribution < 1.29 is 5.11 Å². The van der Waals surface area contributed by atoms with Crippen LogP contribution in [0.3, 0.4) is 0 Å². The summed E-state index contributed by atoms with van der Waals surface area (Å²) in [6.07, 6.45) is 0. The number of fused-ring (bicyclic) bond motifs is 1. The minimum absolute atomic E-state index is 0.122. The Bertz CT molecular complexity index is 447. The Labute approximate surface area is 89.1 Å². The van der Waals surface area contributed by atoms with E-state index in [1.165, 1.54) is 10.1 Å². The fourth-order valence-electron chi connectivity index (χ4n) is 1.36. The number of hydrogen-bond acceptors (Lipinski definition) is 2. The van der Waals surface area contributed by atoms with Gasteiger partial charge in [0.25, 0.3) is 0 Å². The molecule has 0 spiro atoms. The zero-order valence-corrected chi connectivity index (χ0v) is 9.58. The summed E-state index contributed by atoms with van der Waals surface area (Å²) in [4.78, 5) is 0. The van der Waals surface area contributed by atoms with Crippen LogP contribution in [0.5, 0.6) is 0 Å². The number of aliphatic hydroxyl groups excluding tert-OH is 1. The second-order valence-electron chi connectivity index (χ2n) is 3.02. The molecule has 13 heavy (non-hydrogen) atoms. The summed E-state index contributed by atoms with van der Waals surface area (Å²) in [6, 6.07) is 4.17. The maximum Gasteiger partial charge on any atom is 0.0684 e. The Morgan fingerprint density at radius 2 is 2.23 bits per heavy atom. The maximum absolute atomic E-state index is 9.08. The van der Waals surface area contributed by atoms with Gasteiger partial charge < -0.3 is 5.11 Å². The van der Waals surface area contributed by atoms with Crippen LogP contribution in [0.15, 0.2) is 22.0 Å². The van der Waals surface area contributed by atoms with Crippen LogP contribution in [-0.4, -0.2) is 5.11 Å². The van der Waals surface area contributed by atoms with Gasteiger partial charge in [-0.2, -0.15) is 0 Å². The molecule has 3 heteroatoms. The zero-order valence-electron chi connectivity index (χ0n) is 7.17. The van der Waals surface area contributed by atoms with Crippen molar-refractivity contribution in [3.8, 4) is 0 Å². The highest BCUT2D eigenvalue weighted by Crippen LogP contribution is 2.32. The predicted octanol–water partition coefficient (Wildman–Crippen LogP) is 3.46. The Morgan fingerprint density at radius 3 is 2.92 bits per heavy atom. The molecular weight excluding hydrogens is 248 g/mol. The number of halogens is 1. The predicted molar refractivity (Wildman–Crippen MR) is 60.2 cm³/mol. The van der Waals surface area contributed by atoms with E-state index < -0.39 is 0 Å². The zero-order chi connectivity index (χ0) is 9.42. The third-order valence-corrected chi connectivity index (χ3v) is 4.06. The van der Waals surface area contributed by atoms with Gasteiger partial charge in [0, 0.05) is 19.9 Å². The number of aryl methyl sites for hydroxylation is 1. The molecule has 1 nitrogen and oxygen atoms in total. The summed E-state index contributed by atoms with van der Waals surface area (Å²) in [7, 11) is 0. The molecule has 0 aliphatic heterocycles. The van der Waals surface area contributed by atoms with Crippen molar-refractivity contribution in [1.82, 2.24) is 0 Å². The summed E-state index contributed by atoms with van der Waals surface area (Å²) in [5.41, 5.74) is 2.16. The molecule has 0 bridgehead atoms. The summed E-state index contributed by atoms with van der Waals surface area (Å²) in [5, 5.41) is 12.4. The molecule has 68 valence electrons. The molecule has 0 amide bonds. The Balaban J connectivity index is 2.76. The van der Waals surface area contributed by atoms with Crippen molar-refractivity contribution in [1.29, 1.82) is 0 Å². The topological polar surface area (TPSA) is 20.2 Å². The molecule has 1 N–H and O–H groups in total. The van der Waals surface area contributed by atoms with E-state index in [1.807, 2.05) is 6.92 Å². The van der Waals surface area contributed by atoms with Crippen molar-refractivity contribution in [2.75, 3.05) is 0 Å². The molecule has 0 fully saturated rings. The van der Waals surface area contributed by atoms with Gasteiger partial charge in [-0.25, -0.2) is 0 Å². The van der Waals surface area contributed by atoms with Crippen LogP contribution in [0.1, 0.15) is 11.1 Å². The lowest BCUT2D eigenvalue weighted by Crippen LogP contribution is -1.86. The van der Waals surface area contributed by atoms with Crippen LogP contribution in [0.25, 0.3) is 10.1 Å². The highest BCUT2D eigenvalue weighted by atomic mass is 79.9. The largest absolute Gasteiger partial charge is 0.392 e. The van der Waals surface area contributed by atoms with Crippen LogP contribution in [-0.2, 0) is 6.61 Å². The van der Waals surface area contributed by atoms with Gasteiger partial charge in [0.2, 0.25) is 0 Å². The van der Waals surface area contributed by atoms with E-state index in [1.54, 1.807) is 11.3 Å². The van der Waals surface area contributed by atoms with Gasteiger partial charge in [0.15, 0.2) is 0 Å². The van der Waals surface area contributed by atoms with Crippen LogP contribution in [0.2, 0.25) is 0 Å². The first-order chi connectivity index (χ1) is 6.22. The highest BCUT2D eigenvalue weighted by Gasteiger charge is 2.04. The summed E-state index contributed by atoms with van der Waals surface area (Å²) in [6.45, 7) is 2.15. The van der Waals surface area contributed by atoms with E-state index in [0.717, 1.165) is 15.6 Å². The van der Waals surface area contributed by atoms with Gasteiger partial charge in [0.1, 0.15) is 0 Å². The standard InChI is InChI=1S/C10H9BrOS/c1-6-2-8-9(11)5-13-10(8)3-7(6)4-12/h2-3,5,12H,4H2,1H3. The Kier molecular flexibility index (Phi) is 2.41. The van der Waals surface area contributed by atoms with Gasteiger partial charge in [-0.1, -0.05) is 0 Å². The summed E-state index contributed by atoms with van der Waals surface area (Å²) < 4.78 is 2.36. The van der Waals surface area contributed by atoms with Gasteiger partial charge in [-0.3, -0.25) is 0 Å². The molecule has 0 saturated heterocycles. The van der Waals surface area contributed by atoms with Gasteiger partial charge in [-0.15, -0.1) is 11.3 Å². The van der Waals surface area contributed by atoms with Crippen molar-refractivity contribution in [3.63, 3.8) is 0 Å². The number of benzene rings is 1. The molecule has 1 aromatic carbocycles. The third-order valence-electron chi connectivity index (χ3n) is 2.16. The lowest BCUT2D eigenvalue weighted by atomic mass is 10.1. The van der Waals surface area contributed by atoms with E-state index in [4.69, 9.17) is 5.11 Å². The fraction of sp³-hybridized carbons (Fsp3) is 0.200. The quantitative estimate of drug-likeness (QED) is 0.829. The maximum atomic E-state index is 9.08. The minimum Gasteiger partial charge on any atom is -0.392 e. The molecule has 1 aromatic heterocycles. The molecule has 2 rings (SSSR count). The SMILES string of the molecule is Cc1cc2c(Br)csc2cc1CO. The number of thiophene rings is 1. The molecule has 0 radical (unpaired) electrons. The number of rotatable bonds is 1.